The molecule has 2 fully saturated rings. The van der Waals surface area contributed by atoms with E-state index in [9.17, 15) is 0 Å². The minimum atomic E-state index is -0.0455. The number of hydrogen-bond acceptors (Lipinski definition) is 6. The van der Waals surface area contributed by atoms with Crippen LogP contribution >= 0.6 is 11.8 Å². The Kier molecular flexibility index (Phi) is 7.98. The molecule has 1 saturated carbocycles. The molecule has 0 spiro atoms. The number of piperazine rings is 1. The maximum Gasteiger partial charge on any atom is 0.130 e. The van der Waals surface area contributed by atoms with E-state index < -0.39 is 0 Å². The van der Waals surface area contributed by atoms with Crippen molar-refractivity contribution < 1.29 is 4.74 Å². The molecule has 1 unspecified atom stereocenters. The number of nitrogens with zero attached hydrogens (tertiary/aromatic N) is 2. The molecule has 1 saturated heterocycles. The van der Waals surface area contributed by atoms with E-state index in [1.54, 1.807) is 0 Å². The lowest BCUT2D eigenvalue weighted by molar-refractivity contribution is 0.0721. The third-order valence-electron chi connectivity index (χ3n) is 9.24. The standard InChI is InChI=1S/C35H41N5OS/c1-35(40-18-16-36-17-19-40,23-25-10-4-2-5-11-25)32-24-42-34(39-32)31-21-26-20-29(41-28-14-6-3-7-15-28)22-30(33(26)38-31)37-27-12-8-9-13-27/h2-7,10-11,14-15,20-22,27,32,36-38H,8-9,12-13,16-19,23-24H2,1H3/t32?,35-/m0/s1. The lowest BCUT2D eigenvalue weighted by Gasteiger charge is -2.46. The lowest BCUT2D eigenvalue weighted by Crippen LogP contribution is -2.61. The SMILES string of the molecule is C[C@](Cc1ccccc1)(C1CSC(c2cc3cc(Oc4ccccc4)cc(NC4CCCC4)c3[nH]2)=N1)N1CCNCC1. The predicted molar refractivity (Wildman–Crippen MR) is 176 cm³/mol. The van der Waals surface area contributed by atoms with Crippen LogP contribution in [0.2, 0.25) is 0 Å². The number of ether oxygens (including phenoxy) is 1. The number of nitrogens with one attached hydrogen (secondary N) is 3. The Hall–Kier alpha value is -3.26. The van der Waals surface area contributed by atoms with Crippen LogP contribution in [-0.4, -0.2) is 64.5 Å². The maximum atomic E-state index is 6.31. The van der Waals surface area contributed by atoms with Gasteiger partial charge in [0.2, 0.25) is 0 Å². The number of aromatic amines is 1. The summed E-state index contributed by atoms with van der Waals surface area (Å²) in [6.45, 7) is 6.62. The van der Waals surface area contributed by atoms with Gasteiger partial charge >= 0.3 is 0 Å². The first kappa shape index (κ1) is 27.6. The van der Waals surface area contributed by atoms with Gasteiger partial charge in [0.25, 0.3) is 0 Å². The van der Waals surface area contributed by atoms with E-state index in [2.05, 4.69) is 76.0 Å². The van der Waals surface area contributed by atoms with Crippen molar-refractivity contribution in [2.75, 3.05) is 37.2 Å². The fourth-order valence-electron chi connectivity index (χ4n) is 6.88. The molecule has 4 aromatic rings. The summed E-state index contributed by atoms with van der Waals surface area (Å²) in [5.41, 5.74) is 4.69. The second-order valence-corrected chi connectivity index (χ2v) is 13.2. The average molecular weight is 580 g/mol. The van der Waals surface area contributed by atoms with E-state index in [1.165, 1.54) is 31.2 Å². The highest BCUT2D eigenvalue weighted by atomic mass is 32.2. The van der Waals surface area contributed by atoms with E-state index in [1.807, 2.05) is 42.1 Å². The second-order valence-electron chi connectivity index (χ2n) is 12.2. The van der Waals surface area contributed by atoms with Gasteiger partial charge in [-0.05, 0) is 56.0 Å². The van der Waals surface area contributed by atoms with Crippen LogP contribution in [0.4, 0.5) is 5.69 Å². The molecule has 0 radical (unpaired) electrons. The van der Waals surface area contributed by atoms with Crippen LogP contribution in [0.15, 0.2) is 83.9 Å². The van der Waals surface area contributed by atoms with Crippen molar-refractivity contribution >= 4 is 33.4 Å². The van der Waals surface area contributed by atoms with Crippen LogP contribution in [0.5, 0.6) is 11.5 Å². The highest BCUT2D eigenvalue weighted by Crippen LogP contribution is 2.38. The topological polar surface area (TPSA) is 64.7 Å². The van der Waals surface area contributed by atoms with E-state index >= 15 is 0 Å². The molecule has 2 atom stereocenters. The molecule has 0 amide bonds. The first-order chi connectivity index (χ1) is 20.6. The predicted octanol–water partition coefficient (Wildman–Crippen LogP) is 7.08. The summed E-state index contributed by atoms with van der Waals surface area (Å²) in [6.07, 6.45) is 6.02. The Morgan fingerprint density at radius 3 is 2.45 bits per heavy atom. The quantitative estimate of drug-likeness (QED) is 0.198. The average Bonchev–Trinajstić information content (AvgIpc) is 3.80. The monoisotopic (exact) mass is 579 g/mol. The van der Waals surface area contributed by atoms with E-state index in [0.717, 1.165) is 77.2 Å². The molecule has 7 heteroatoms. The van der Waals surface area contributed by atoms with Crippen molar-refractivity contribution in [3.05, 3.63) is 90.1 Å². The summed E-state index contributed by atoms with van der Waals surface area (Å²) < 4.78 is 6.31. The summed E-state index contributed by atoms with van der Waals surface area (Å²) >= 11 is 1.89. The Labute approximate surface area is 253 Å². The molecule has 3 aromatic carbocycles. The number of aliphatic imine (C=N–C) groups is 1. The maximum absolute atomic E-state index is 6.31. The zero-order chi connectivity index (χ0) is 28.4. The molecule has 1 aliphatic carbocycles. The summed E-state index contributed by atoms with van der Waals surface area (Å²) in [4.78, 5) is 11.9. The van der Waals surface area contributed by atoms with Crippen molar-refractivity contribution in [2.45, 2.75) is 56.7 Å². The molecule has 3 heterocycles. The molecule has 218 valence electrons. The summed E-state index contributed by atoms with van der Waals surface area (Å²) in [6, 6.07) is 28.3. The van der Waals surface area contributed by atoms with Gasteiger partial charge in [0.15, 0.2) is 0 Å². The van der Waals surface area contributed by atoms with Crippen molar-refractivity contribution in [1.82, 2.24) is 15.2 Å². The van der Waals surface area contributed by atoms with Crippen LogP contribution in [0.3, 0.4) is 0 Å². The van der Waals surface area contributed by atoms with Crippen molar-refractivity contribution in [1.29, 1.82) is 0 Å². The highest BCUT2D eigenvalue weighted by molar-refractivity contribution is 8.14. The lowest BCUT2D eigenvalue weighted by atomic mass is 9.84. The Balaban J connectivity index is 1.21. The molecule has 3 aliphatic rings. The van der Waals surface area contributed by atoms with Gasteiger partial charge in [-0.1, -0.05) is 61.4 Å². The number of para-hydroxylation sites is 1. The van der Waals surface area contributed by atoms with Crippen molar-refractivity contribution in [3.8, 4) is 11.5 Å². The number of benzene rings is 3. The van der Waals surface area contributed by atoms with Gasteiger partial charge < -0.3 is 20.4 Å². The Bertz CT molecular complexity index is 1530. The summed E-state index contributed by atoms with van der Waals surface area (Å²) in [5.74, 6) is 2.70. The number of H-pyrrole nitrogens is 1. The van der Waals surface area contributed by atoms with Crippen LogP contribution in [0, 0.1) is 0 Å². The minimum Gasteiger partial charge on any atom is -0.457 e. The van der Waals surface area contributed by atoms with Crippen molar-refractivity contribution in [2.24, 2.45) is 4.99 Å². The zero-order valence-corrected chi connectivity index (χ0v) is 25.3. The van der Waals surface area contributed by atoms with Gasteiger partial charge in [-0.25, -0.2) is 0 Å². The van der Waals surface area contributed by atoms with Crippen LogP contribution in [0.25, 0.3) is 10.9 Å². The summed E-state index contributed by atoms with van der Waals surface area (Å²) in [7, 11) is 0. The molecule has 1 aromatic heterocycles. The van der Waals surface area contributed by atoms with Gasteiger partial charge in [-0.15, -0.1) is 11.8 Å². The molecule has 0 bridgehead atoms. The molecule has 2 aliphatic heterocycles. The Morgan fingerprint density at radius 1 is 0.952 bits per heavy atom. The van der Waals surface area contributed by atoms with E-state index in [-0.39, 0.29) is 11.6 Å². The van der Waals surface area contributed by atoms with Crippen LogP contribution < -0.4 is 15.4 Å². The van der Waals surface area contributed by atoms with Crippen LogP contribution in [0.1, 0.15) is 43.9 Å². The van der Waals surface area contributed by atoms with Gasteiger partial charge in [-0.3, -0.25) is 9.89 Å². The van der Waals surface area contributed by atoms with Gasteiger partial charge in [0, 0.05) is 55.0 Å². The largest absolute Gasteiger partial charge is 0.457 e. The van der Waals surface area contributed by atoms with Gasteiger partial charge in [-0.2, -0.15) is 0 Å². The van der Waals surface area contributed by atoms with Crippen molar-refractivity contribution in [3.63, 3.8) is 0 Å². The minimum absolute atomic E-state index is 0.0455. The zero-order valence-electron chi connectivity index (χ0n) is 24.4. The number of rotatable bonds is 9. The fourth-order valence-corrected chi connectivity index (χ4v) is 8.10. The van der Waals surface area contributed by atoms with E-state index in [0.29, 0.717) is 6.04 Å². The normalized spacial score (nSPS) is 21.4. The van der Waals surface area contributed by atoms with Gasteiger partial charge in [0.1, 0.15) is 16.5 Å². The molecule has 42 heavy (non-hydrogen) atoms. The molecule has 3 N–H and O–H groups in total. The Morgan fingerprint density at radius 2 is 1.69 bits per heavy atom. The third-order valence-corrected chi connectivity index (χ3v) is 10.3. The number of hydrogen-bond donors (Lipinski definition) is 3. The second kappa shape index (κ2) is 12.2. The number of fused-ring (bicyclic) bond motifs is 1. The first-order valence-electron chi connectivity index (χ1n) is 15.5. The molecule has 6 nitrogen and oxygen atoms in total. The van der Waals surface area contributed by atoms with Gasteiger partial charge in [0.05, 0.1) is 22.9 Å². The molecule has 7 rings (SSSR count). The first-order valence-corrected chi connectivity index (χ1v) is 16.5. The number of aromatic nitrogens is 1. The number of thioether (sulfide) groups is 1. The molecular weight excluding hydrogens is 538 g/mol. The van der Waals surface area contributed by atoms with Crippen LogP contribution in [-0.2, 0) is 6.42 Å². The highest BCUT2D eigenvalue weighted by Gasteiger charge is 2.43. The molecular formula is C35H41N5OS. The fraction of sp³-hybridized carbons (Fsp3) is 0.400. The smallest absolute Gasteiger partial charge is 0.130 e. The van der Waals surface area contributed by atoms with E-state index in [4.69, 9.17) is 9.73 Å². The number of anilines is 1. The third kappa shape index (κ3) is 5.83. The summed E-state index contributed by atoms with van der Waals surface area (Å²) in [5, 5.41) is 9.65.